The second-order valence-electron chi connectivity index (χ2n) is 4.39. The average Bonchev–Trinajstić information content (AvgIpc) is 2.33. The molecule has 2 rings (SSSR count). The van der Waals surface area contributed by atoms with Crippen molar-refractivity contribution in [3.8, 4) is 11.5 Å². The highest BCUT2D eigenvalue weighted by molar-refractivity contribution is 5.54. The summed E-state index contributed by atoms with van der Waals surface area (Å²) in [4.78, 5) is 10.3. The zero-order valence-corrected chi connectivity index (χ0v) is 10.7. The van der Waals surface area contributed by atoms with Crippen LogP contribution in [-0.2, 0) is 0 Å². The van der Waals surface area contributed by atoms with Crippen molar-refractivity contribution in [2.75, 3.05) is 5.73 Å². The Labute approximate surface area is 110 Å². The van der Waals surface area contributed by atoms with E-state index in [-0.39, 0.29) is 5.69 Å². The molecule has 19 heavy (non-hydrogen) atoms. The molecule has 2 aromatic rings. The molecule has 0 fully saturated rings. The molecule has 0 unspecified atom stereocenters. The number of nitrogens with zero attached hydrogens (tertiary/aromatic N) is 1. The largest absolute Gasteiger partial charge is 0.457 e. The van der Waals surface area contributed by atoms with Crippen LogP contribution in [0.4, 0.5) is 11.4 Å². The summed E-state index contributed by atoms with van der Waals surface area (Å²) in [5, 5.41) is 10.8. The molecule has 5 nitrogen and oxygen atoms in total. The van der Waals surface area contributed by atoms with Gasteiger partial charge in [0.05, 0.1) is 11.0 Å². The van der Waals surface area contributed by atoms with Crippen LogP contribution in [-0.4, -0.2) is 4.92 Å². The van der Waals surface area contributed by atoms with Crippen molar-refractivity contribution in [2.24, 2.45) is 0 Å². The molecule has 98 valence electrons. The second-order valence-corrected chi connectivity index (χ2v) is 4.39. The van der Waals surface area contributed by atoms with Crippen molar-refractivity contribution in [3.05, 3.63) is 57.6 Å². The number of ether oxygens (including phenoxy) is 1. The van der Waals surface area contributed by atoms with Crippen molar-refractivity contribution in [3.63, 3.8) is 0 Å². The van der Waals surface area contributed by atoms with Gasteiger partial charge in [0.1, 0.15) is 11.5 Å². The fourth-order valence-corrected chi connectivity index (χ4v) is 1.71. The lowest BCUT2D eigenvalue weighted by molar-refractivity contribution is -0.384. The Morgan fingerprint density at radius 1 is 1.16 bits per heavy atom. The zero-order chi connectivity index (χ0) is 14.0. The van der Waals surface area contributed by atoms with Crippen molar-refractivity contribution < 1.29 is 9.66 Å². The summed E-state index contributed by atoms with van der Waals surface area (Å²) < 4.78 is 5.68. The number of nitrogens with two attached hydrogens (primary N) is 1. The quantitative estimate of drug-likeness (QED) is 0.518. The molecule has 0 bridgehead atoms. The summed E-state index contributed by atoms with van der Waals surface area (Å²) in [5.74, 6) is 1.03. The Kier molecular flexibility index (Phi) is 3.37. The first kappa shape index (κ1) is 12.9. The maximum atomic E-state index is 10.8. The van der Waals surface area contributed by atoms with Gasteiger partial charge in [-0.05, 0) is 31.0 Å². The molecule has 0 atom stereocenters. The van der Waals surface area contributed by atoms with Gasteiger partial charge in [-0.2, -0.15) is 0 Å². The Bertz CT molecular complexity index is 639. The van der Waals surface area contributed by atoms with E-state index in [2.05, 4.69) is 0 Å². The van der Waals surface area contributed by atoms with Gasteiger partial charge in [-0.25, -0.2) is 0 Å². The van der Waals surface area contributed by atoms with Gasteiger partial charge < -0.3 is 10.5 Å². The van der Waals surface area contributed by atoms with Crippen LogP contribution in [0.3, 0.4) is 0 Å². The highest BCUT2D eigenvalue weighted by Gasteiger charge is 2.10. The number of nitrogen functional groups attached to an aromatic ring is 1. The third-order valence-corrected chi connectivity index (χ3v) is 2.70. The van der Waals surface area contributed by atoms with E-state index in [9.17, 15) is 10.1 Å². The highest BCUT2D eigenvalue weighted by Crippen LogP contribution is 2.30. The summed E-state index contributed by atoms with van der Waals surface area (Å²) in [5.41, 5.74) is 7.86. The molecule has 0 aliphatic carbocycles. The molecule has 2 N–H and O–H groups in total. The van der Waals surface area contributed by atoms with E-state index >= 15 is 0 Å². The second kappa shape index (κ2) is 4.97. The number of hydrogen-bond donors (Lipinski definition) is 1. The fraction of sp³-hybridized carbons (Fsp3) is 0.143. The molecule has 0 radical (unpaired) electrons. The van der Waals surface area contributed by atoms with Gasteiger partial charge in [0.25, 0.3) is 5.69 Å². The minimum atomic E-state index is -0.494. The lowest BCUT2D eigenvalue weighted by Gasteiger charge is -2.10. The third kappa shape index (κ3) is 3.01. The van der Waals surface area contributed by atoms with E-state index in [4.69, 9.17) is 10.5 Å². The molecule has 0 saturated carbocycles. The van der Waals surface area contributed by atoms with Crippen molar-refractivity contribution in [1.82, 2.24) is 0 Å². The number of aryl methyl sites for hydroxylation is 2. The summed E-state index contributed by atoms with van der Waals surface area (Å²) in [6.07, 6.45) is 0. The number of non-ortho nitro benzene ring substituents is 1. The molecule has 2 aromatic carbocycles. The number of nitro benzene ring substituents is 1. The summed E-state index contributed by atoms with van der Waals surface area (Å²) in [6, 6.07) is 10.0. The molecule has 0 saturated heterocycles. The third-order valence-electron chi connectivity index (χ3n) is 2.70. The highest BCUT2D eigenvalue weighted by atomic mass is 16.6. The predicted molar refractivity (Wildman–Crippen MR) is 73.5 cm³/mol. The van der Waals surface area contributed by atoms with Crippen molar-refractivity contribution in [2.45, 2.75) is 13.8 Å². The number of benzene rings is 2. The van der Waals surface area contributed by atoms with Gasteiger partial charge >= 0.3 is 0 Å². The zero-order valence-electron chi connectivity index (χ0n) is 10.7. The van der Waals surface area contributed by atoms with Crippen LogP contribution < -0.4 is 10.5 Å². The maximum absolute atomic E-state index is 10.8. The van der Waals surface area contributed by atoms with Crippen molar-refractivity contribution in [1.29, 1.82) is 0 Å². The van der Waals surface area contributed by atoms with E-state index in [0.29, 0.717) is 17.2 Å². The fourth-order valence-electron chi connectivity index (χ4n) is 1.71. The monoisotopic (exact) mass is 258 g/mol. The van der Waals surface area contributed by atoms with Crippen LogP contribution in [0.25, 0.3) is 0 Å². The van der Waals surface area contributed by atoms with Crippen LogP contribution in [0, 0.1) is 24.0 Å². The van der Waals surface area contributed by atoms with E-state index < -0.39 is 4.92 Å². The predicted octanol–water partition coefficient (Wildman–Crippen LogP) is 3.59. The van der Waals surface area contributed by atoms with Crippen LogP contribution >= 0.6 is 0 Å². The van der Waals surface area contributed by atoms with E-state index in [1.807, 2.05) is 32.0 Å². The Morgan fingerprint density at radius 3 is 2.58 bits per heavy atom. The van der Waals surface area contributed by atoms with Crippen molar-refractivity contribution >= 4 is 11.4 Å². The van der Waals surface area contributed by atoms with Crippen LogP contribution in [0.15, 0.2) is 36.4 Å². The smallest absolute Gasteiger partial charge is 0.275 e. The minimum Gasteiger partial charge on any atom is -0.457 e. The molecule has 5 heteroatoms. The van der Waals surface area contributed by atoms with E-state index in [1.165, 1.54) is 12.1 Å². The van der Waals surface area contributed by atoms with Gasteiger partial charge in [0, 0.05) is 17.8 Å². The van der Waals surface area contributed by atoms with Gasteiger partial charge in [-0.3, -0.25) is 10.1 Å². The summed E-state index contributed by atoms with van der Waals surface area (Å²) >= 11 is 0. The summed E-state index contributed by atoms with van der Waals surface area (Å²) in [7, 11) is 0. The first-order valence-corrected chi connectivity index (χ1v) is 5.76. The SMILES string of the molecule is Cc1ccc(C)c(Oc2cc(N)cc([N+](=O)[O-])c2)c1. The Balaban J connectivity index is 2.38. The molecule has 0 aliphatic rings. The molecule has 0 amide bonds. The maximum Gasteiger partial charge on any atom is 0.275 e. The van der Waals surface area contributed by atoms with Crippen LogP contribution in [0.5, 0.6) is 11.5 Å². The molecule has 0 aromatic heterocycles. The number of anilines is 1. The standard InChI is InChI=1S/C14H14N2O3/c1-9-3-4-10(2)14(5-9)19-13-7-11(15)6-12(8-13)16(17)18/h3-8H,15H2,1-2H3. The number of nitro groups is 1. The molecular formula is C14H14N2O3. The number of rotatable bonds is 3. The first-order valence-electron chi connectivity index (χ1n) is 5.76. The van der Waals surface area contributed by atoms with Gasteiger partial charge in [0.15, 0.2) is 0 Å². The van der Waals surface area contributed by atoms with E-state index in [0.717, 1.165) is 11.1 Å². The lowest BCUT2D eigenvalue weighted by Crippen LogP contribution is -1.94. The van der Waals surface area contributed by atoms with Crippen LogP contribution in [0.2, 0.25) is 0 Å². The minimum absolute atomic E-state index is 0.0830. The average molecular weight is 258 g/mol. The molecular weight excluding hydrogens is 244 g/mol. The van der Waals surface area contributed by atoms with Gasteiger partial charge in [0.2, 0.25) is 0 Å². The lowest BCUT2D eigenvalue weighted by atomic mass is 10.1. The van der Waals surface area contributed by atoms with E-state index in [1.54, 1.807) is 6.07 Å². The van der Waals surface area contributed by atoms with Gasteiger partial charge in [-0.1, -0.05) is 12.1 Å². The Hall–Kier alpha value is -2.56. The normalized spacial score (nSPS) is 10.2. The topological polar surface area (TPSA) is 78.4 Å². The molecule has 0 spiro atoms. The molecule has 0 heterocycles. The van der Waals surface area contributed by atoms with Gasteiger partial charge in [-0.15, -0.1) is 0 Å². The number of hydrogen-bond acceptors (Lipinski definition) is 4. The summed E-state index contributed by atoms with van der Waals surface area (Å²) in [6.45, 7) is 3.86. The first-order chi connectivity index (χ1) is 8.95. The van der Waals surface area contributed by atoms with Crippen LogP contribution in [0.1, 0.15) is 11.1 Å². The Morgan fingerprint density at radius 2 is 1.89 bits per heavy atom. The molecule has 0 aliphatic heterocycles.